The highest BCUT2D eigenvalue weighted by Crippen LogP contribution is 2.27. The summed E-state index contributed by atoms with van der Waals surface area (Å²) >= 11 is 5.95. The van der Waals surface area contributed by atoms with Crippen molar-refractivity contribution in [1.82, 2.24) is 24.8 Å². The molecule has 160 valence electrons. The smallest absolute Gasteiger partial charge is 0.228 e. The molecule has 31 heavy (non-hydrogen) atoms. The number of carbonyl (C=O) groups is 1. The lowest BCUT2D eigenvalue weighted by Gasteiger charge is -2.42. The lowest BCUT2D eigenvalue weighted by atomic mass is 9.97. The predicted octanol–water partition coefficient (Wildman–Crippen LogP) is 2.29. The monoisotopic (exact) mass is 438 g/mol. The molecular weight excluding hydrogens is 416 g/mol. The van der Waals surface area contributed by atoms with Gasteiger partial charge in [0.05, 0.1) is 30.1 Å². The summed E-state index contributed by atoms with van der Waals surface area (Å²) in [5.74, 6) is 0.620. The number of aromatic nitrogens is 3. The van der Waals surface area contributed by atoms with Gasteiger partial charge in [-0.05, 0) is 29.8 Å². The highest BCUT2D eigenvalue weighted by Gasteiger charge is 2.37. The van der Waals surface area contributed by atoms with E-state index in [1.807, 2.05) is 41.3 Å². The average Bonchev–Trinajstić information content (AvgIpc) is 2.77. The lowest BCUT2D eigenvalue weighted by Crippen LogP contribution is -2.56. The van der Waals surface area contributed by atoms with Gasteiger partial charge in [-0.15, -0.1) is 0 Å². The van der Waals surface area contributed by atoms with Gasteiger partial charge >= 0.3 is 0 Å². The summed E-state index contributed by atoms with van der Waals surface area (Å²) in [6.07, 6.45) is 1.13. The van der Waals surface area contributed by atoms with Gasteiger partial charge in [-0.25, -0.2) is 15.0 Å². The van der Waals surface area contributed by atoms with E-state index in [0.717, 1.165) is 30.4 Å². The van der Waals surface area contributed by atoms with Crippen molar-refractivity contribution in [3.8, 4) is 0 Å². The van der Waals surface area contributed by atoms with Gasteiger partial charge in [-0.2, -0.15) is 0 Å². The van der Waals surface area contributed by atoms with Crippen molar-refractivity contribution in [2.75, 3.05) is 38.5 Å². The SMILES string of the molecule is Nc1ncnc2nc(C3CN(C(=O)C4CN(Cc5ccc(Cl)cc5)C4)CCO3)ccc12. The quantitative estimate of drug-likeness (QED) is 0.667. The molecule has 2 fully saturated rings. The van der Waals surface area contributed by atoms with E-state index in [0.29, 0.717) is 36.5 Å². The van der Waals surface area contributed by atoms with Crippen molar-refractivity contribution in [3.63, 3.8) is 0 Å². The topological polar surface area (TPSA) is 97.5 Å². The van der Waals surface area contributed by atoms with Crippen LogP contribution in [0.3, 0.4) is 0 Å². The molecule has 0 bridgehead atoms. The van der Waals surface area contributed by atoms with E-state index < -0.39 is 0 Å². The maximum atomic E-state index is 13.0. The highest BCUT2D eigenvalue weighted by molar-refractivity contribution is 6.30. The fourth-order valence-electron chi connectivity index (χ4n) is 4.15. The Labute approximate surface area is 185 Å². The predicted molar refractivity (Wildman–Crippen MR) is 117 cm³/mol. The Kier molecular flexibility index (Phi) is 5.43. The fraction of sp³-hybridized carbons (Fsp3) is 0.364. The second-order valence-electron chi connectivity index (χ2n) is 8.03. The molecule has 5 rings (SSSR count). The summed E-state index contributed by atoms with van der Waals surface area (Å²) in [5.41, 5.74) is 8.37. The first-order valence-corrected chi connectivity index (χ1v) is 10.7. The minimum absolute atomic E-state index is 0.0307. The molecule has 2 aliphatic heterocycles. The van der Waals surface area contributed by atoms with Crippen LogP contribution in [-0.4, -0.2) is 63.4 Å². The van der Waals surface area contributed by atoms with Gasteiger partial charge in [0.25, 0.3) is 0 Å². The zero-order chi connectivity index (χ0) is 21.4. The standard InChI is InChI=1S/C22H23ClN6O2/c23-16-3-1-14(2-4-16)9-28-10-15(11-28)22(30)29-7-8-31-19(12-29)18-6-5-17-20(24)25-13-26-21(17)27-18/h1-6,13,15,19H,7-12H2,(H2,24,25,26,27). The molecule has 0 aliphatic carbocycles. The summed E-state index contributed by atoms with van der Waals surface area (Å²) in [6, 6.07) is 11.6. The number of hydrogen-bond donors (Lipinski definition) is 1. The molecule has 1 unspecified atom stereocenters. The number of amides is 1. The van der Waals surface area contributed by atoms with Crippen LogP contribution in [0.5, 0.6) is 0 Å². The number of nitrogens with zero attached hydrogens (tertiary/aromatic N) is 5. The Morgan fingerprint density at radius 3 is 2.74 bits per heavy atom. The molecule has 8 nitrogen and oxygen atoms in total. The number of ether oxygens (including phenoxy) is 1. The van der Waals surface area contributed by atoms with E-state index >= 15 is 0 Å². The van der Waals surface area contributed by atoms with Crippen molar-refractivity contribution in [3.05, 3.63) is 59.0 Å². The minimum atomic E-state index is -0.275. The summed E-state index contributed by atoms with van der Waals surface area (Å²) < 4.78 is 5.91. The van der Waals surface area contributed by atoms with Crippen LogP contribution in [0.25, 0.3) is 11.0 Å². The molecule has 4 heterocycles. The maximum absolute atomic E-state index is 13.0. The summed E-state index contributed by atoms with van der Waals surface area (Å²) in [6.45, 7) is 3.96. The number of nitrogen functional groups attached to an aromatic ring is 1. The molecule has 3 aromatic rings. The molecule has 1 aromatic carbocycles. The van der Waals surface area contributed by atoms with Crippen LogP contribution in [0.4, 0.5) is 5.82 Å². The number of benzene rings is 1. The number of morpholine rings is 1. The Morgan fingerprint density at radius 2 is 1.94 bits per heavy atom. The molecule has 9 heteroatoms. The third kappa shape index (κ3) is 4.19. The van der Waals surface area contributed by atoms with Crippen LogP contribution in [-0.2, 0) is 16.1 Å². The van der Waals surface area contributed by atoms with Crippen molar-refractivity contribution in [2.24, 2.45) is 5.92 Å². The van der Waals surface area contributed by atoms with Gasteiger partial charge in [-0.3, -0.25) is 9.69 Å². The molecule has 0 spiro atoms. The number of pyridine rings is 1. The van der Waals surface area contributed by atoms with E-state index in [2.05, 4.69) is 19.9 Å². The Balaban J connectivity index is 1.20. The van der Waals surface area contributed by atoms with Gasteiger partial charge in [-0.1, -0.05) is 23.7 Å². The van der Waals surface area contributed by atoms with Gasteiger partial charge in [0, 0.05) is 31.2 Å². The molecule has 2 aromatic heterocycles. The van der Waals surface area contributed by atoms with Crippen molar-refractivity contribution >= 4 is 34.4 Å². The summed E-state index contributed by atoms with van der Waals surface area (Å²) in [5, 5.41) is 1.45. The maximum Gasteiger partial charge on any atom is 0.228 e. The molecule has 0 radical (unpaired) electrons. The first-order chi connectivity index (χ1) is 15.1. The fourth-order valence-corrected chi connectivity index (χ4v) is 4.27. The van der Waals surface area contributed by atoms with Gasteiger partial charge in [0.1, 0.15) is 18.2 Å². The largest absolute Gasteiger partial charge is 0.383 e. The van der Waals surface area contributed by atoms with Crippen LogP contribution < -0.4 is 5.73 Å². The van der Waals surface area contributed by atoms with E-state index in [-0.39, 0.29) is 17.9 Å². The van der Waals surface area contributed by atoms with Crippen LogP contribution in [0.15, 0.2) is 42.7 Å². The van der Waals surface area contributed by atoms with Crippen molar-refractivity contribution < 1.29 is 9.53 Å². The molecule has 2 saturated heterocycles. The van der Waals surface area contributed by atoms with Crippen molar-refractivity contribution in [2.45, 2.75) is 12.6 Å². The Hall–Kier alpha value is -2.81. The third-order valence-corrected chi connectivity index (χ3v) is 6.14. The van der Waals surface area contributed by atoms with Crippen LogP contribution >= 0.6 is 11.6 Å². The normalized spacial score (nSPS) is 20.0. The first-order valence-electron chi connectivity index (χ1n) is 10.3. The molecule has 0 saturated carbocycles. The number of anilines is 1. The summed E-state index contributed by atoms with van der Waals surface area (Å²) in [7, 11) is 0. The number of hydrogen-bond acceptors (Lipinski definition) is 7. The second-order valence-corrected chi connectivity index (χ2v) is 8.46. The lowest BCUT2D eigenvalue weighted by molar-refractivity contribution is -0.149. The Morgan fingerprint density at radius 1 is 1.13 bits per heavy atom. The molecular formula is C22H23ClN6O2. The number of fused-ring (bicyclic) bond motifs is 1. The Bertz CT molecular complexity index is 1100. The minimum Gasteiger partial charge on any atom is -0.383 e. The zero-order valence-electron chi connectivity index (χ0n) is 16.9. The molecule has 2 N–H and O–H groups in total. The van der Waals surface area contributed by atoms with Crippen molar-refractivity contribution in [1.29, 1.82) is 0 Å². The van der Waals surface area contributed by atoms with E-state index in [1.54, 1.807) is 0 Å². The molecule has 1 atom stereocenters. The third-order valence-electron chi connectivity index (χ3n) is 5.88. The van der Waals surface area contributed by atoms with Crippen LogP contribution in [0, 0.1) is 5.92 Å². The molecule has 2 aliphatic rings. The van der Waals surface area contributed by atoms with Crippen LogP contribution in [0.1, 0.15) is 17.4 Å². The molecule has 1 amide bonds. The number of likely N-dealkylation sites (tertiary alicyclic amines) is 1. The van der Waals surface area contributed by atoms with Gasteiger partial charge in [0.15, 0.2) is 5.65 Å². The number of carbonyl (C=O) groups excluding carboxylic acids is 1. The highest BCUT2D eigenvalue weighted by atomic mass is 35.5. The first kappa shape index (κ1) is 20.1. The van der Waals surface area contributed by atoms with E-state index in [1.165, 1.54) is 11.9 Å². The zero-order valence-corrected chi connectivity index (χ0v) is 17.7. The van der Waals surface area contributed by atoms with E-state index in [4.69, 9.17) is 22.1 Å². The van der Waals surface area contributed by atoms with E-state index in [9.17, 15) is 4.79 Å². The van der Waals surface area contributed by atoms with Crippen LogP contribution in [0.2, 0.25) is 5.02 Å². The second kappa shape index (κ2) is 8.37. The average molecular weight is 439 g/mol. The number of rotatable bonds is 4. The number of halogens is 1. The number of nitrogens with two attached hydrogens (primary N) is 1. The van der Waals surface area contributed by atoms with Gasteiger partial charge < -0.3 is 15.4 Å². The van der Waals surface area contributed by atoms with Gasteiger partial charge in [0.2, 0.25) is 5.91 Å². The summed E-state index contributed by atoms with van der Waals surface area (Å²) in [4.78, 5) is 30.0.